The van der Waals surface area contributed by atoms with Gasteiger partial charge in [0.15, 0.2) is 0 Å². The Balaban J connectivity index is 1.85. The summed E-state index contributed by atoms with van der Waals surface area (Å²) in [5.74, 6) is 0. The number of hydrogen-bond acceptors (Lipinski definition) is 3. The van der Waals surface area contributed by atoms with E-state index in [4.69, 9.17) is 0 Å². The summed E-state index contributed by atoms with van der Waals surface area (Å²) >= 11 is 0. The second kappa shape index (κ2) is 7.04. The Labute approximate surface area is 117 Å². The maximum absolute atomic E-state index is 3.40. The van der Waals surface area contributed by atoms with Crippen molar-refractivity contribution in [2.75, 3.05) is 46.3 Å². The predicted molar refractivity (Wildman–Crippen MR) is 81.5 cm³/mol. The van der Waals surface area contributed by atoms with Crippen molar-refractivity contribution in [1.82, 2.24) is 15.1 Å². The van der Waals surface area contributed by atoms with Gasteiger partial charge < -0.3 is 5.32 Å². The summed E-state index contributed by atoms with van der Waals surface area (Å²) in [7, 11) is 2.24. The first-order valence-corrected chi connectivity index (χ1v) is 7.37. The first-order chi connectivity index (χ1) is 9.18. The lowest BCUT2D eigenvalue weighted by atomic mass is 10.0. The van der Waals surface area contributed by atoms with Crippen molar-refractivity contribution in [2.24, 2.45) is 0 Å². The molecule has 3 nitrogen and oxygen atoms in total. The van der Waals surface area contributed by atoms with E-state index in [-0.39, 0.29) is 0 Å². The summed E-state index contributed by atoms with van der Waals surface area (Å²) in [5.41, 5.74) is 2.84. The Morgan fingerprint density at radius 1 is 1.26 bits per heavy atom. The van der Waals surface area contributed by atoms with Crippen LogP contribution in [-0.2, 0) is 0 Å². The van der Waals surface area contributed by atoms with Crippen molar-refractivity contribution in [3.63, 3.8) is 0 Å². The zero-order valence-electron chi connectivity index (χ0n) is 12.5. The van der Waals surface area contributed by atoms with Crippen molar-refractivity contribution in [2.45, 2.75) is 19.9 Å². The maximum atomic E-state index is 3.40. The minimum Gasteiger partial charge on any atom is -0.314 e. The van der Waals surface area contributed by atoms with Crippen LogP contribution in [0.25, 0.3) is 0 Å². The SMILES string of the molecule is Cc1ccccc1C(C)N(C)CCN1CCNCC1. The molecule has 106 valence electrons. The molecule has 1 heterocycles. The lowest BCUT2D eigenvalue weighted by Crippen LogP contribution is -2.46. The Morgan fingerprint density at radius 2 is 1.95 bits per heavy atom. The van der Waals surface area contributed by atoms with E-state index >= 15 is 0 Å². The van der Waals surface area contributed by atoms with E-state index in [9.17, 15) is 0 Å². The van der Waals surface area contributed by atoms with Crippen LogP contribution in [0.4, 0.5) is 0 Å². The Kier molecular flexibility index (Phi) is 5.37. The van der Waals surface area contributed by atoms with Gasteiger partial charge in [-0.2, -0.15) is 0 Å². The van der Waals surface area contributed by atoms with Gasteiger partial charge in [0.1, 0.15) is 0 Å². The molecule has 1 aromatic rings. The van der Waals surface area contributed by atoms with Crippen molar-refractivity contribution < 1.29 is 0 Å². The van der Waals surface area contributed by atoms with Crippen LogP contribution in [-0.4, -0.2) is 56.1 Å². The topological polar surface area (TPSA) is 18.5 Å². The molecule has 0 spiro atoms. The molecule has 1 atom stereocenters. The molecule has 1 aliphatic heterocycles. The van der Waals surface area contributed by atoms with Crippen LogP contribution in [0.5, 0.6) is 0 Å². The fraction of sp³-hybridized carbons (Fsp3) is 0.625. The molecule has 1 fully saturated rings. The highest BCUT2D eigenvalue weighted by Gasteiger charge is 2.15. The van der Waals surface area contributed by atoms with Gasteiger partial charge in [-0.3, -0.25) is 9.80 Å². The molecule has 0 aromatic heterocycles. The Hall–Kier alpha value is -0.900. The largest absolute Gasteiger partial charge is 0.314 e. The average Bonchev–Trinajstić information content (AvgIpc) is 2.45. The second-order valence-corrected chi connectivity index (χ2v) is 5.60. The van der Waals surface area contributed by atoms with Crippen LogP contribution in [0.3, 0.4) is 0 Å². The highest BCUT2D eigenvalue weighted by molar-refractivity contribution is 5.28. The van der Waals surface area contributed by atoms with E-state index in [1.807, 2.05) is 0 Å². The smallest absolute Gasteiger partial charge is 0.0319 e. The molecule has 3 heteroatoms. The van der Waals surface area contributed by atoms with E-state index in [0.29, 0.717) is 6.04 Å². The van der Waals surface area contributed by atoms with E-state index in [1.54, 1.807) is 0 Å². The molecule has 0 aliphatic carbocycles. The van der Waals surface area contributed by atoms with E-state index in [0.717, 1.165) is 19.6 Å². The number of hydrogen-bond donors (Lipinski definition) is 1. The number of likely N-dealkylation sites (N-methyl/N-ethyl adjacent to an activating group) is 1. The lowest BCUT2D eigenvalue weighted by Gasteiger charge is -2.31. The zero-order chi connectivity index (χ0) is 13.7. The first-order valence-electron chi connectivity index (χ1n) is 7.37. The minimum absolute atomic E-state index is 0.490. The summed E-state index contributed by atoms with van der Waals surface area (Å²) in [5, 5.41) is 3.40. The number of rotatable bonds is 5. The Bertz CT molecular complexity index is 385. The molecule has 1 unspecified atom stereocenters. The first kappa shape index (κ1) is 14.5. The molecular formula is C16H27N3. The van der Waals surface area contributed by atoms with Crippen LogP contribution in [0.1, 0.15) is 24.1 Å². The van der Waals surface area contributed by atoms with Gasteiger partial charge in [-0.05, 0) is 32.0 Å². The zero-order valence-corrected chi connectivity index (χ0v) is 12.5. The van der Waals surface area contributed by atoms with Crippen LogP contribution < -0.4 is 5.32 Å². The fourth-order valence-electron chi connectivity index (χ4n) is 2.72. The third kappa shape index (κ3) is 4.03. The quantitative estimate of drug-likeness (QED) is 0.873. The van der Waals surface area contributed by atoms with Crippen LogP contribution in [0.2, 0.25) is 0 Å². The highest BCUT2D eigenvalue weighted by Crippen LogP contribution is 2.21. The van der Waals surface area contributed by atoms with Crippen molar-refractivity contribution in [3.05, 3.63) is 35.4 Å². The highest BCUT2D eigenvalue weighted by atomic mass is 15.2. The maximum Gasteiger partial charge on any atom is 0.0319 e. The number of aryl methyl sites for hydroxylation is 1. The molecule has 1 aromatic carbocycles. The third-order valence-electron chi connectivity index (χ3n) is 4.28. The van der Waals surface area contributed by atoms with Gasteiger partial charge in [-0.1, -0.05) is 24.3 Å². The van der Waals surface area contributed by atoms with Crippen LogP contribution >= 0.6 is 0 Å². The molecule has 0 bridgehead atoms. The molecule has 1 N–H and O–H groups in total. The monoisotopic (exact) mass is 261 g/mol. The van der Waals surface area contributed by atoms with Gasteiger partial charge in [0.2, 0.25) is 0 Å². The molecule has 2 rings (SSSR count). The van der Waals surface area contributed by atoms with Crippen molar-refractivity contribution >= 4 is 0 Å². The molecule has 1 saturated heterocycles. The summed E-state index contributed by atoms with van der Waals surface area (Å²) in [6.45, 7) is 11.5. The molecular weight excluding hydrogens is 234 g/mol. The predicted octanol–water partition coefficient (Wildman–Crippen LogP) is 1.89. The van der Waals surface area contributed by atoms with Gasteiger partial charge in [0.25, 0.3) is 0 Å². The minimum atomic E-state index is 0.490. The summed E-state index contributed by atoms with van der Waals surface area (Å²) in [4.78, 5) is 5.02. The van der Waals surface area contributed by atoms with Gasteiger partial charge in [-0.25, -0.2) is 0 Å². The third-order valence-corrected chi connectivity index (χ3v) is 4.28. The molecule has 0 amide bonds. The standard InChI is InChI=1S/C16H27N3/c1-14-6-4-5-7-16(14)15(2)18(3)12-13-19-10-8-17-9-11-19/h4-7,15,17H,8-13H2,1-3H3. The van der Waals surface area contributed by atoms with Gasteiger partial charge >= 0.3 is 0 Å². The lowest BCUT2D eigenvalue weighted by molar-refractivity contribution is 0.183. The summed E-state index contributed by atoms with van der Waals surface area (Å²) in [6, 6.07) is 9.20. The average molecular weight is 261 g/mol. The number of benzene rings is 1. The second-order valence-electron chi connectivity index (χ2n) is 5.60. The Morgan fingerprint density at radius 3 is 2.63 bits per heavy atom. The summed E-state index contributed by atoms with van der Waals surface area (Å²) in [6.07, 6.45) is 0. The van der Waals surface area contributed by atoms with E-state index < -0.39 is 0 Å². The molecule has 0 saturated carbocycles. The molecule has 1 aliphatic rings. The normalized spacial score (nSPS) is 18.7. The van der Waals surface area contributed by atoms with Crippen LogP contribution in [0, 0.1) is 6.92 Å². The fourth-order valence-corrected chi connectivity index (χ4v) is 2.72. The van der Waals surface area contributed by atoms with E-state index in [1.165, 1.54) is 30.8 Å². The van der Waals surface area contributed by atoms with Crippen LogP contribution in [0.15, 0.2) is 24.3 Å². The number of nitrogens with one attached hydrogen (secondary N) is 1. The molecule has 0 radical (unpaired) electrons. The van der Waals surface area contributed by atoms with E-state index in [2.05, 4.69) is 60.3 Å². The summed E-state index contributed by atoms with van der Waals surface area (Å²) < 4.78 is 0. The van der Waals surface area contributed by atoms with Gasteiger partial charge in [0, 0.05) is 45.3 Å². The van der Waals surface area contributed by atoms with Gasteiger partial charge in [0.05, 0.1) is 0 Å². The number of piperazine rings is 1. The number of nitrogens with zero attached hydrogens (tertiary/aromatic N) is 2. The van der Waals surface area contributed by atoms with Crippen molar-refractivity contribution in [1.29, 1.82) is 0 Å². The van der Waals surface area contributed by atoms with Gasteiger partial charge in [-0.15, -0.1) is 0 Å². The van der Waals surface area contributed by atoms with Crippen molar-refractivity contribution in [3.8, 4) is 0 Å². The molecule has 19 heavy (non-hydrogen) atoms.